The van der Waals surface area contributed by atoms with Crippen molar-refractivity contribution in [1.82, 2.24) is 14.7 Å². The van der Waals surface area contributed by atoms with E-state index in [1.807, 2.05) is 63.6 Å². The Bertz CT molecular complexity index is 940. The van der Waals surface area contributed by atoms with Crippen LogP contribution in [0.5, 0.6) is 0 Å². The SMILES string of the molecule is COC1CCN(C(=O)/C=C/c2cn(-c3ccccc3)nc2-c2cccs2)CC1. The molecule has 0 atom stereocenters. The van der Waals surface area contributed by atoms with Crippen molar-refractivity contribution in [2.24, 2.45) is 0 Å². The molecule has 2 aromatic heterocycles. The number of hydrogen-bond acceptors (Lipinski definition) is 4. The quantitative estimate of drug-likeness (QED) is 0.609. The van der Waals surface area contributed by atoms with E-state index in [1.165, 1.54) is 0 Å². The second kappa shape index (κ2) is 8.54. The van der Waals surface area contributed by atoms with Gasteiger partial charge < -0.3 is 9.64 Å². The maximum atomic E-state index is 12.6. The fourth-order valence-electron chi connectivity index (χ4n) is 3.41. The Balaban J connectivity index is 1.57. The highest BCUT2D eigenvalue weighted by molar-refractivity contribution is 7.13. The first-order chi connectivity index (χ1) is 13.7. The number of para-hydroxylation sites is 1. The summed E-state index contributed by atoms with van der Waals surface area (Å²) in [5.74, 6) is 0.0409. The fraction of sp³-hybridized carbons (Fsp3) is 0.273. The lowest BCUT2D eigenvalue weighted by Crippen LogP contribution is -2.39. The average molecular weight is 394 g/mol. The van der Waals surface area contributed by atoms with Crippen molar-refractivity contribution in [3.8, 4) is 16.3 Å². The number of hydrogen-bond donors (Lipinski definition) is 0. The van der Waals surface area contributed by atoms with E-state index in [2.05, 4.69) is 6.07 Å². The van der Waals surface area contributed by atoms with Crippen LogP contribution in [0.3, 0.4) is 0 Å². The lowest BCUT2D eigenvalue weighted by atomic mass is 10.1. The third-order valence-electron chi connectivity index (χ3n) is 5.01. The van der Waals surface area contributed by atoms with Gasteiger partial charge >= 0.3 is 0 Å². The van der Waals surface area contributed by atoms with Crippen molar-refractivity contribution < 1.29 is 9.53 Å². The van der Waals surface area contributed by atoms with E-state index < -0.39 is 0 Å². The first kappa shape index (κ1) is 18.7. The summed E-state index contributed by atoms with van der Waals surface area (Å²) >= 11 is 1.64. The third-order valence-corrected chi connectivity index (χ3v) is 5.89. The van der Waals surface area contributed by atoms with Crippen LogP contribution in [-0.4, -0.2) is 46.9 Å². The molecule has 144 valence electrons. The molecule has 0 spiro atoms. The van der Waals surface area contributed by atoms with E-state index in [0.717, 1.165) is 47.8 Å². The van der Waals surface area contributed by atoms with Crippen molar-refractivity contribution >= 4 is 23.3 Å². The van der Waals surface area contributed by atoms with Gasteiger partial charge in [0.1, 0.15) is 5.69 Å². The second-order valence-electron chi connectivity index (χ2n) is 6.78. The lowest BCUT2D eigenvalue weighted by Gasteiger charge is -2.30. The molecular weight excluding hydrogens is 370 g/mol. The molecule has 0 saturated carbocycles. The molecule has 5 nitrogen and oxygen atoms in total. The number of aromatic nitrogens is 2. The number of ether oxygens (including phenoxy) is 1. The van der Waals surface area contributed by atoms with Crippen LogP contribution >= 0.6 is 11.3 Å². The largest absolute Gasteiger partial charge is 0.381 e. The minimum Gasteiger partial charge on any atom is -0.381 e. The number of likely N-dealkylation sites (tertiary alicyclic amines) is 1. The van der Waals surface area contributed by atoms with E-state index in [4.69, 9.17) is 9.84 Å². The van der Waals surface area contributed by atoms with Gasteiger partial charge in [-0.25, -0.2) is 4.68 Å². The molecule has 28 heavy (non-hydrogen) atoms. The van der Waals surface area contributed by atoms with Gasteiger partial charge in [-0.3, -0.25) is 4.79 Å². The molecule has 3 heterocycles. The molecule has 0 aliphatic carbocycles. The number of amides is 1. The topological polar surface area (TPSA) is 47.4 Å². The number of nitrogens with zero attached hydrogens (tertiary/aromatic N) is 3. The van der Waals surface area contributed by atoms with E-state index in [1.54, 1.807) is 24.5 Å². The van der Waals surface area contributed by atoms with Crippen molar-refractivity contribution in [1.29, 1.82) is 0 Å². The van der Waals surface area contributed by atoms with Gasteiger partial charge in [-0.15, -0.1) is 11.3 Å². The smallest absolute Gasteiger partial charge is 0.246 e. The summed E-state index contributed by atoms with van der Waals surface area (Å²) in [5.41, 5.74) is 2.82. The summed E-state index contributed by atoms with van der Waals surface area (Å²) in [6.45, 7) is 1.48. The Kier molecular flexibility index (Phi) is 5.69. The summed E-state index contributed by atoms with van der Waals surface area (Å²) < 4.78 is 7.25. The lowest BCUT2D eigenvalue weighted by molar-refractivity contribution is -0.128. The average Bonchev–Trinajstić information content (AvgIpc) is 3.42. The summed E-state index contributed by atoms with van der Waals surface area (Å²) in [6.07, 6.45) is 7.57. The first-order valence-corrected chi connectivity index (χ1v) is 10.3. The number of methoxy groups -OCH3 is 1. The van der Waals surface area contributed by atoms with Gasteiger partial charge in [0.25, 0.3) is 0 Å². The zero-order chi connectivity index (χ0) is 19.3. The molecule has 0 N–H and O–H groups in total. The Morgan fingerprint density at radius 2 is 1.96 bits per heavy atom. The summed E-state index contributed by atoms with van der Waals surface area (Å²) in [6, 6.07) is 14.1. The monoisotopic (exact) mass is 393 g/mol. The third kappa shape index (κ3) is 4.08. The molecule has 1 fully saturated rings. The number of carbonyl (C=O) groups is 1. The first-order valence-electron chi connectivity index (χ1n) is 9.43. The standard InChI is InChI=1S/C22H23N3O2S/c1-27-19-11-13-24(14-12-19)21(26)10-9-17-16-25(18-6-3-2-4-7-18)23-22(17)20-8-5-15-28-20/h2-10,15-16,19H,11-14H2,1H3/b10-9+. The van der Waals surface area contributed by atoms with Gasteiger partial charge in [-0.2, -0.15) is 5.10 Å². The molecule has 0 unspecified atom stereocenters. The molecule has 0 bridgehead atoms. The molecule has 1 amide bonds. The predicted octanol–water partition coefficient (Wildman–Crippen LogP) is 4.25. The Hall–Kier alpha value is -2.70. The molecule has 1 saturated heterocycles. The summed E-state index contributed by atoms with van der Waals surface area (Å²) in [7, 11) is 1.73. The molecule has 1 aromatic carbocycles. The maximum absolute atomic E-state index is 12.6. The number of benzene rings is 1. The van der Waals surface area contributed by atoms with Crippen LogP contribution in [0.25, 0.3) is 22.3 Å². The molecule has 1 aliphatic heterocycles. The molecule has 1 aliphatic rings. The van der Waals surface area contributed by atoms with E-state index in [-0.39, 0.29) is 12.0 Å². The molecule has 4 rings (SSSR count). The highest BCUT2D eigenvalue weighted by atomic mass is 32.1. The van der Waals surface area contributed by atoms with E-state index in [0.29, 0.717) is 0 Å². The van der Waals surface area contributed by atoms with Crippen molar-refractivity contribution in [2.75, 3.05) is 20.2 Å². The van der Waals surface area contributed by atoms with Crippen LogP contribution < -0.4 is 0 Å². The highest BCUT2D eigenvalue weighted by Crippen LogP contribution is 2.28. The van der Waals surface area contributed by atoms with Gasteiger partial charge in [-0.05, 0) is 42.5 Å². The Morgan fingerprint density at radius 3 is 2.64 bits per heavy atom. The number of rotatable bonds is 5. The van der Waals surface area contributed by atoms with Crippen molar-refractivity contribution in [2.45, 2.75) is 18.9 Å². The highest BCUT2D eigenvalue weighted by Gasteiger charge is 2.21. The predicted molar refractivity (Wildman–Crippen MR) is 113 cm³/mol. The molecule has 6 heteroatoms. The zero-order valence-electron chi connectivity index (χ0n) is 15.8. The van der Waals surface area contributed by atoms with Gasteiger partial charge in [0, 0.05) is 38.0 Å². The normalized spacial score (nSPS) is 15.4. The van der Waals surface area contributed by atoms with Gasteiger partial charge in [0.05, 0.1) is 16.7 Å². The number of piperidine rings is 1. The second-order valence-corrected chi connectivity index (χ2v) is 7.73. The summed E-state index contributed by atoms with van der Waals surface area (Å²) in [5, 5.41) is 6.81. The Labute approximate surface area is 168 Å². The van der Waals surface area contributed by atoms with Crippen LogP contribution in [-0.2, 0) is 9.53 Å². The zero-order valence-corrected chi connectivity index (χ0v) is 16.6. The molecule has 0 radical (unpaired) electrons. The Morgan fingerprint density at radius 1 is 1.18 bits per heavy atom. The minimum atomic E-state index is 0.0409. The number of thiophene rings is 1. The van der Waals surface area contributed by atoms with Crippen LogP contribution in [0.2, 0.25) is 0 Å². The fourth-order valence-corrected chi connectivity index (χ4v) is 4.14. The molecular formula is C22H23N3O2S. The van der Waals surface area contributed by atoms with Crippen LogP contribution in [0.4, 0.5) is 0 Å². The van der Waals surface area contributed by atoms with Gasteiger partial charge in [-0.1, -0.05) is 24.3 Å². The number of carbonyl (C=O) groups excluding carboxylic acids is 1. The van der Waals surface area contributed by atoms with Crippen molar-refractivity contribution in [3.63, 3.8) is 0 Å². The minimum absolute atomic E-state index is 0.0409. The van der Waals surface area contributed by atoms with Gasteiger partial charge in [0.2, 0.25) is 5.91 Å². The maximum Gasteiger partial charge on any atom is 0.246 e. The van der Waals surface area contributed by atoms with E-state index in [9.17, 15) is 4.79 Å². The van der Waals surface area contributed by atoms with Crippen LogP contribution in [0.1, 0.15) is 18.4 Å². The summed E-state index contributed by atoms with van der Waals surface area (Å²) in [4.78, 5) is 15.6. The van der Waals surface area contributed by atoms with Crippen molar-refractivity contribution in [3.05, 3.63) is 65.7 Å². The van der Waals surface area contributed by atoms with E-state index >= 15 is 0 Å². The van der Waals surface area contributed by atoms with Crippen LogP contribution in [0.15, 0.2) is 60.1 Å². The van der Waals surface area contributed by atoms with Gasteiger partial charge in [0.15, 0.2) is 0 Å². The molecule has 3 aromatic rings. The van der Waals surface area contributed by atoms with Crippen LogP contribution in [0, 0.1) is 0 Å².